The van der Waals surface area contributed by atoms with Gasteiger partial charge in [0.25, 0.3) is 0 Å². The highest BCUT2D eigenvalue weighted by molar-refractivity contribution is 6.30. The van der Waals surface area contributed by atoms with E-state index in [9.17, 15) is 18.7 Å². The fourth-order valence-electron chi connectivity index (χ4n) is 2.13. The minimum Gasteiger partial charge on any atom is -0.481 e. The van der Waals surface area contributed by atoms with Crippen molar-refractivity contribution in [2.75, 3.05) is 0 Å². The number of carbonyl (C=O) groups is 1. The van der Waals surface area contributed by atoms with Crippen molar-refractivity contribution in [3.63, 3.8) is 0 Å². The average molecular weight is 311 g/mol. The Morgan fingerprint density at radius 2 is 1.67 bits per heavy atom. The van der Waals surface area contributed by atoms with Crippen LogP contribution in [0.15, 0.2) is 42.5 Å². The number of hydrogen-bond acceptors (Lipinski definition) is 1. The lowest BCUT2D eigenvalue weighted by Crippen LogP contribution is -2.20. The molecule has 0 spiro atoms. The molecule has 5 heteroatoms. The van der Waals surface area contributed by atoms with Crippen molar-refractivity contribution in [1.82, 2.24) is 0 Å². The van der Waals surface area contributed by atoms with Gasteiger partial charge >= 0.3 is 5.97 Å². The summed E-state index contributed by atoms with van der Waals surface area (Å²) in [5.41, 5.74) is 0.558. The number of carboxylic acid groups (broad SMARTS) is 1. The van der Waals surface area contributed by atoms with Gasteiger partial charge < -0.3 is 5.11 Å². The highest BCUT2D eigenvalue weighted by Crippen LogP contribution is 2.21. The summed E-state index contributed by atoms with van der Waals surface area (Å²) in [4.78, 5) is 11.3. The lowest BCUT2D eigenvalue weighted by molar-refractivity contribution is -0.141. The van der Waals surface area contributed by atoms with Crippen molar-refractivity contribution in [2.45, 2.75) is 12.8 Å². The summed E-state index contributed by atoms with van der Waals surface area (Å²) >= 11 is 5.66. The Morgan fingerprint density at radius 3 is 2.24 bits per heavy atom. The van der Waals surface area contributed by atoms with E-state index in [0.717, 1.165) is 6.07 Å². The molecule has 1 atom stereocenters. The molecule has 0 bridgehead atoms. The zero-order valence-corrected chi connectivity index (χ0v) is 11.8. The topological polar surface area (TPSA) is 37.3 Å². The van der Waals surface area contributed by atoms with Gasteiger partial charge in [0, 0.05) is 5.02 Å². The first kappa shape index (κ1) is 15.4. The third-order valence-corrected chi connectivity index (χ3v) is 3.49. The minimum absolute atomic E-state index is 0.00404. The molecule has 1 unspecified atom stereocenters. The summed E-state index contributed by atoms with van der Waals surface area (Å²) in [6, 6.07) is 10.1. The van der Waals surface area contributed by atoms with Crippen molar-refractivity contribution in [3.05, 3.63) is 70.2 Å². The molecular formula is C16H13ClF2O2. The Morgan fingerprint density at radius 1 is 1.05 bits per heavy atom. The Bertz CT molecular complexity index is 658. The molecule has 0 amide bonds. The van der Waals surface area contributed by atoms with Crippen molar-refractivity contribution in [3.8, 4) is 0 Å². The minimum atomic E-state index is -1.09. The Labute approximate surface area is 126 Å². The largest absolute Gasteiger partial charge is 0.481 e. The number of aliphatic carboxylic acids is 1. The number of hydrogen-bond donors (Lipinski definition) is 1. The molecule has 0 aliphatic rings. The lowest BCUT2D eigenvalue weighted by Gasteiger charge is -2.13. The fraction of sp³-hybridized carbons (Fsp3) is 0.188. The predicted octanol–water partition coefficient (Wildman–Crippen LogP) is 4.10. The lowest BCUT2D eigenvalue weighted by atomic mass is 9.92. The molecule has 0 aliphatic heterocycles. The summed E-state index contributed by atoms with van der Waals surface area (Å²) in [5, 5.41) is 9.51. The molecule has 2 aromatic carbocycles. The Balaban J connectivity index is 2.20. The second-order valence-corrected chi connectivity index (χ2v) is 5.21. The van der Waals surface area contributed by atoms with Crippen LogP contribution in [0.25, 0.3) is 0 Å². The molecule has 0 aromatic heterocycles. The molecule has 0 heterocycles. The fourth-order valence-corrected chi connectivity index (χ4v) is 2.29. The number of carboxylic acids is 1. The second-order valence-electron chi connectivity index (χ2n) is 4.77. The van der Waals surface area contributed by atoms with Crippen LogP contribution >= 0.6 is 11.6 Å². The van der Waals surface area contributed by atoms with E-state index in [0.29, 0.717) is 5.56 Å². The summed E-state index contributed by atoms with van der Waals surface area (Å²) in [7, 11) is 0. The van der Waals surface area contributed by atoms with E-state index in [1.54, 1.807) is 6.07 Å². The second kappa shape index (κ2) is 6.68. The van der Waals surface area contributed by atoms with E-state index in [1.807, 2.05) is 0 Å². The van der Waals surface area contributed by atoms with Crippen LogP contribution in [-0.2, 0) is 17.6 Å². The molecule has 0 aliphatic carbocycles. The quantitative estimate of drug-likeness (QED) is 0.902. The van der Waals surface area contributed by atoms with Crippen molar-refractivity contribution < 1.29 is 18.7 Å². The van der Waals surface area contributed by atoms with Crippen LogP contribution in [0.5, 0.6) is 0 Å². The van der Waals surface area contributed by atoms with Gasteiger partial charge in [0.05, 0.1) is 5.92 Å². The summed E-state index contributed by atoms with van der Waals surface area (Å²) in [6.45, 7) is 0. The number of benzene rings is 2. The highest BCUT2D eigenvalue weighted by atomic mass is 35.5. The van der Waals surface area contributed by atoms with E-state index in [2.05, 4.69) is 0 Å². The summed E-state index contributed by atoms with van der Waals surface area (Å²) in [5.74, 6) is -3.01. The van der Waals surface area contributed by atoms with Gasteiger partial charge in [0.1, 0.15) is 11.6 Å². The van der Waals surface area contributed by atoms with Crippen LogP contribution in [0.3, 0.4) is 0 Å². The highest BCUT2D eigenvalue weighted by Gasteiger charge is 2.21. The molecule has 110 valence electrons. The predicted molar refractivity (Wildman–Crippen MR) is 76.3 cm³/mol. The molecule has 0 saturated carbocycles. The number of halogens is 3. The van der Waals surface area contributed by atoms with Gasteiger partial charge in [-0.2, -0.15) is 0 Å². The van der Waals surface area contributed by atoms with Gasteiger partial charge in [0.15, 0.2) is 0 Å². The summed E-state index contributed by atoms with van der Waals surface area (Å²) in [6.07, 6.45) is -0.0171. The van der Waals surface area contributed by atoms with Crippen LogP contribution in [0, 0.1) is 17.6 Å². The van der Waals surface area contributed by atoms with E-state index in [-0.39, 0.29) is 23.4 Å². The molecule has 2 aromatic rings. The third kappa shape index (κ3) is 4.02. The van der Waals surface area contributed by atoms with E-state index >= 15 is 0 Å². The SMILES string of the molecule is O=C(O)C(Cc1ccccc1F)Cc1ccc(Cl)cc1F. The van der Waals surface area contributed by atoms with E-state index < -0.39 is 23.5 Å². The van der Waals surface area contributed by atoms with Gasteiger partial charge in [-0.25, -0.2) is 8.78 Å². The first-order chi connectivity index (χ1) is 9.97. The standard InChI is InChI=1S/C16H13ClF2O2/c17-13-6-5-11(15(19)9-13)8-12(16(20)21)7-10-3-1-2-4-14(10)18/h1-6,9,12H,7-8H2,(H,20,21). The van der Waals surface area contributed by atoms with Gasteiger partial charge in [-0.1, -0.05) is 35.9 Å². The van der Waals surface area contributed by atoms with Crippen LogP contribution in [0.4, 0.5) is 8.78 Å². The first-order valence-electron chi connectivity index (χ1n) is 6.37. The van der Waals surface area contributed by atoms with Gasteiger partial charge in [0.2, 0.25) is 0 Å². The smallest absolute Gasteiger partial charge is 0.307 e. The maximum absolute atomic E-state index is 13.7. The zero-order valence-electron chi connectivity index (χ0n) is 11.0. The molecule has 0 saturated heterocycles. The molecule has 0 fully saturated rings. The molecular weight excluding hydrogens is 298 g/mol. The van der Waals surface area contributed by atoms with Gasteiger partial charge in [-0.15, -0.1) is 0 Å². The van der Waals surface area contributed by atoms with E-state index in [4.69, 9.17) is 11.6 Å². The van der Waals surface area contributed by atoms with E-state index in [1.165, 1.54) is 30.3 Å². The Hall–Kier alpha value is -1.94. The summed E-state index contributed by atoms with van der Waals surface area (Å²) < 4.78 is 27.3. The molecule has 21 heavy (non-hydrogen) atoms. The van der Waals surface area contributed by atoms with Crippen molar-refractivity contribution in [2.24, 2.45) is 5.92 Å². The molecule has 2 nitrogen and oxygen atoms in total. The van der Waals surface area contributed by atoms with Gasteiger partial charge in [-0.3, -0.25) is 4.79 Å². The number of rotatable bonds is 5. The third-order valence-electron chi connectivity index (χ3n) is 3.25. The van der Waals surface area contributed by atoms with Crippen LogP contribution < -0.4 is 0 Å². The van der Waals surface area contributed by atoms with Crippen molar-refractivity contribution >= 4 is 17.6 Å². The van der Waals surface area contributed by atoms with Gasteiger partial charge in [-0.05, 0) is 42.2 Å². The van der Waals surface area contributed by atoms with Crippen LogP contribution in [-0.4, -0.2) is 11.1 Å². The Kier molecular flexibility index (Phi) is 4.91. The molecule has 1 N–H and O–H groups in total. The first-order valence-corrected chi connectivity index (χ1v) is 6.75. The maximum atomic E-state index is 13.7. The monoisotopic (exact) mass is 310 g/mol. The maximum Gasteiger partial charge on any atom is 0.307 e. The zero-order chi connectivity index (χ0) is 15.4. The van der Waals surface area contributed by atoms with Crippen LogP contribution in [0.2, 0.25) is 5.02 Å². The molecule has 0 radical (unpaired) electrons. The average Bonchev–Trinajstić information content (AvgIpc) is 2.42. The molecule has 2 rings (SSSR count). The normalized spacial score (nSPS) is 12.1. The van der Waals surface area contributed by atoms with Crippen LogP contribution in [0.1, 0.15) is 11.1 Å². The van der Waals surface area contributed by atoms with Crippen molar-refractivity contribution in [1.29, 1.82) is 0 Å².